The molecule has 162 valence electrons. The Hall–Kier alpha value is -3.68. The molecule has 8 heteroatoms. The predicted octanol–water partition coefficient (Wildman–Crippen LogP) is 4.52. The SMILES string of the molecule is COc1c(/C=C/c2ccc([N+](=O)[O-])cc2)cc(N2CCC(=O)NC2=O)cc1C(C)(C)C. The number of rotatable bonds is 5. The highest BCUT2D eigenvalue weighted by Crippen LogP contribution is 2.39. The van der Waals surface area contributed by atoms with Crippen LogP contribution in [0.2, 0.25) is 0 Å². The molecule has 1 aliphatic rings. The minimum absolute atomic E-state index is 0.0254. The van der Waals surface area contributed by atoms with Gasteiger partial charge < -0.3 is 4.74 Å². The summed E-state index contributed by atoms with van der Waals surface area (Å²) in [6.45, 7) is 6.46. The fourth-order valence-corrected chi connectivity index (χ4v) is 3.40. The molecule has 1 aliphatic heterocycles. The third-order valence-corrected chi connectivity index (χ3v) is 5.04. The van der Waals surface area contributed by atoms with Gasteiger partial charge in [0, 0.05) is 41.9 Å². The van der Waals surface area contributed by atoms with Crippen LogP contribution in [-0.2, 0) is 10.2 Å². The van der Waals surface area contributed by atoms with Crippen molar-refractivity contribution in [2.75, 3.05) is 18.6 Å². The number of imide groups is 1. The molecule has 3 rings (SSSR count). The van der Waals surface area contributed by atoms with Crippen LogP contribution in [0.25, 0.3) is 12.2 Å². The topological polar surface area (TPSA) is 102 Å². The van der Waals surface area contributed by atoms with Crippen molar-refractivity contribution in [3.05, 3.63) is 63.2 Å². The van der Waals surface area contributed by atoms with Crippen molar-refractivity contribution in [1.82, 2.24) is 5.32 Å². The summed E-state index contributed by atoms with van der Waals surface area (Å²) in [4.78, 5) is 35.9. The second kappa shape index (κ2) is 8.59. The molecular weight excluding hydrogens is 398 g/mol. The Balaban J connectivity index is 2.06. The number of nitro benzene ring substituents is 1. The summed E-state index contributed by atoms with van der Waals surface area (Å²) < 4.78 is 5.71. The number of non-ortho nitro benzene ring substituents is 1. The van der Waals surface area contributed by atoms with E-state index in [0.29, 0.717) is 18.0 Å². The van der Waals surface area contributed by atoms with Crippen molar-refractivity contribution >= 4 is 35.5 Å². The van der Waals surface area contributed by atoms with Gasteiger partial charge in [-0.25, -0.2) is 4.79 Å². The molecule has 31 heavy (non-hydrogen) atoms. The lowest BCUT2D eigenvalue weighted by atomic mass is 9.84. The van der Waals surface area contributed by atoms with Gasteiger partial charge in [0.15, 0.2) is 0 Å². The maximum Gasteiger partial charge on any atom is 0.328 e. The molecule has 8 nitrogen and oxygen atoms in total. The van der Waals surface area contributed by atoms with Gasteiger partial charge in [0.25, 0.3) is 5.69 Å². The van der Waals surface area contributed by atoms with Crippen LogP contribution in [0.1, 0.15) is 43.9 Å². The average molecular weight is 423 g/mol. The van der Waals surface area contributed by atoms with E-state index in [0.717, 1.165) is 16.7 Å². The number of urea groups is 1. The van der Waals surface area contributed by atoms with Crippen LogP contribution in [0.5, 0.6) is 5.75 Å². The smallest absolute Gasteiger partial charge is 0.328 e. The van der Waals surface area contributed by atoms with E-state index in [1.54, 1.807) is 24.1 Å². The van der Waals surface area contributed by atoms with Gasteiger partial charge in [-0.15, -0.1) is 0 Å². The molecule has 1 fully saturated rings. The molecule has 0 aliphatic carbocycles. The fraction of sp³-hybridized carbons (Fsp3) is 0.304. The normalized spacial score (nSPS) is 14.6. The van der Waals surface area contributed by atoms with E-state index in [-0.39, 0.29) is 23.4 Å². The number of benzene rings is 2. The lowest BCUT2D eigenvalue weighted by Gasteiger charge is -2.30. The van der Waals surface area contributed by atoms with Crippen molar-refractivity contribution < 1.29 is 19.2 Å². The van der Waals surface area contributed by atoms with Crippen LogP contribution >= 0.6 is 0 Å². The zero-order valence-corrected chi connectivity index (χ0v) is 18.0. The number of carbonyl (C=O) groups excluding carboxylic acids is 2. The highest BCUT2D eigenvalue weighted by molar-refractivity contribution is 6.05. The van der Waals surface area contributed by atoms with E-state index < -0.39 is 11.0 Å². The molecule has 1 N–H and O–H groups in total. The van der Waals surface area contributed by atoms with E-state index in [1.807, 2.05) is 24.3 Å². The number of anilines is 1. The number of methoxy groups -OCH3 is 1. The lowest BCUT2D eigenvalue weighted by molar-refractivity contribution is -0.384. The molecule has 0 bridgehead atoms. The van der Waals surface area contributed by atoms with Crippen LogP contribution < -0.4 is 15.0 Å². The van der Waals surface area contributed by atoms with Crippen molar-refractivity contribution in [3.8, 4) is 5.75 Å². The van der Waals surface area contributed by atoms with Gasteiger partial charge in [-0.2, -0.15) is 0 Å². The summed E-state index contributed by atoms with van der Waals surface area (Å²) in [6.07, 6.45) is 3.92. The van der Waals surface area contributed by atoms with Crippen molar-refractivity contribution in [2.45, 2.75) is 32.6 Å². The molecule has 0 atom stereocenters. The lowest BCUT2D eigenvalue weighted by Crippen LogP contribution is -2.49. The van der Waals surface area contributed by atoms with E-state index >= 15 is 0 Å². The van der Waals surface area contributed by atoms with Gasteiger partial charge in [0.05, 0.1) is 12.0 Å². The molecule has 1 saturated heterocycles. The molecule has 0 saturated carbocycles. The maximum atomic E-state index is 12.4. The van der Waals surface area contributed by atoms with Gasteiger partial charge in [0.1, 0.15) is 5.75 Å². The van der Waals surface area contributed by atoms with Gasteiger partial charge in [-0.3, -0.25) is 25.1 Å². The summed E-state index contributed by atoms with van der Waals surface area (Å²) in [7, 11) is 1.60. The van der Waals surface area contributed by atoms with Crippen LogP contribution in [0.15, 0.2) is 36.4 Å². The molecule has 2 aromatic carbocycles. The highest BCUT2D eigenvalue weighted by atomic mass is 16.6. The first-order valence-electron chi connectivity index (χ1n) is 9.86. The minimum atomic E-state index is -0.452. The van der Waals surface area contributed by atoms with Crippen LogP contribution in [0, 0.1) is 10.1 Å². The van der Waals surface area contributed by atoms with Crippen LogP contribution in [0.3, 0.4) is 0 Å². The maximum absolute atomic E-state index is 12.4. The second-order valence-corrected chi connectivity index (χ2v) is 8.30. The zero-order valence-electron chi connectivity index (χ0n) is 18.0. The molecule has 0 spiro atoms. The molecule has 1 heterocycles. The van der Waals surface area contributed by atoms with Crippen molar-refractivity contribution in [2.24, 2.45) is 0 Å². The Kier molecular flexibility index (Phi) is 6.10. The average Bonchev–Trinajstić information content (AvgIpc) is 2.71. The number of nitrogens with zero attached hydrogens (tertiary/aromatic N) is 2. The molecule has 2 aromatic rings. The Morgan fingerprint density at radius 1 is 1.13 bits per heavy atom. The van der Waals surface area contributed by atoms with Crippen LogP contribution in [-0.4, -0.2) is 30.5 Å². The minimum Gasteiger partial charge on any atom is -0.496 e. The van der Waals surface area contributed by atoms with Gasteiger partial charge in [0.2, 0.25) is 5.91 Å². The Labute approximate surface area is 180 Å². The molecular formula is C23H25N3O5. The van der Waals surface area contributed by atoms with Gasteiger partial charge in [-0.05, 0) is 35.2 Å². The van der Waals surface area contributed by atoms with Crippen LogP contribution in [0.4, 0.5) is 16.2 Å². The summed E-state index contributed by atoms with van der Waals surface area (Å²) in [5.41, 5.74) is 2.89. The summed E-state index contributed by atoms with van der Waals surface area (Å²) in [6, 6.07) is 9.53. The number of hydrogen-bond donors (Lipinski definition) is 1. The monoisotopic (exact) mass is 423 g/mol. The molecule has 3 amide bonds. The largest absolute Gasteiger partial charge is 0.496 e. The third-order valence-electron chi connectivity index (χ3n) is 5.04. The van der Waals surface area contributed by atoms with E-state index in [2.05, 4.69) is 26.1 Å². The Morgan fingerprint density at radius 3 is 2.35 bits per heavy atom. The number of ether oxygens (including phenoxy) is 1. The number of hydrogen-bond acceptors (Lipinski definition) is 5. The molecule has 0 unspecified atom stereocenters. The fourth-order valence-electron chi connectivity index (χ4n) is 3.40. The number of nitrogens with one attached hydrogen (secondary N) is 1. The van der Waals surface area contributed by atoms with Gasteiger partial charge >= 0.3 is 6.03 Å². The summed E-state index contributed by atoms with van der Waals surface area (Å²) in [5, 5.41) is 13.2. The quantitative estimate of drug-likeness (QED) is 0.433. The second-order valence-electron chi connectivity index (χ2n) is 8.30. The van der Waals surface area contributed by atoms with Crippen molar-refractivity contribution in [3.63, 3.8) is 0 Å². The Bertz CT molecular complexity index is 1050. The first-order valence-corrected chi connectivity index (χ1v) is 9.86. The number of amides is 3. The van der Waals surface area contributed by atoms with E-state index in [9.17, 15) is 19.7 Å². The van der Waals surface area contributed by atoms with Crippen molar-refractivity contribution in [1.29, 1.82) is 0 Å². The zero-order chi connectivity index (χ0) is 22.8. The number of nitro groups is 1. The van der Waals surface area contributed by atoms with Gasteiger partial charge in [-0.1, -0.05) is 32.9 Å². The number of carbonyl (C=O) groups is 2. The summed E-state index contributed by atoms with van der Waals surface area (Å²) >= 11 is 0. The van der Waals surface area contributed by atoms with E-state index in [1.165, 1.54) is 12.1 Å². The first-order chi connectivity index (χ1) is 14.6. The third kappa shape index (κ3) is 4.91. The first kappa shape index (κ1) is 22.0. The highest BCUT2D eigenvalue weighted by Gasteiger charge is 2.28. The predicted molar refractivity (Wildman–Crippen MR) is 119 cm³/mol. The summed E-state index contributed by atoms with van der Waals surface area (Å²) in [5.74, 6) is 0.395. The standard InChI is InChI=1S/C23H25N3O5/c1-23(2,3)19-14-18(25-12-11-20(27)24-22(25)28)13-16(21(19)31-4)8-5-15-6-9-17(10-7-15)26(29)30/h5-10,13-14H,11-12H2,1-4H3,(H,24,27,28)/b8-5+. The molecule has 0 radical (unpaired) electrons. The molecule has 0 aromatic heterocycles. The Morgan fingerprint density at radius 2 is 1.81 bits per heavy atom. The van der Waals surface area contributed by atoms with E-state index in [4.69, 9.17) is 4.74 Å².